The highest BCUT2D eigenvalue weighted by Gasteiger charge is 2.19. The first kappa shape index (κ1) is 22.1. The summed E-state index contributed by atoms with van der Waals surface area (Å²) in [4.78, 5) is 28.5. The van der Waals surface area contributed by atoms with Gasteiger partial charge >= 0.3 is 0 Å². The average Bonchev–Trinajstić information content (AvgIpc) is 3.25. The second-order valence-electron chi connectivity index (χ2n) is 6.70. The zero-order chi connectivity index (χ0) is 22.4. The monoisotopic (exact) mass is 443 g/mol. The molecule has 2 aromatic carbocycles. The Kier molecular flexibility index (Phi) is 6.78. The molecule has 0 aliphatic heterocycles. The lowest BCUT2D eigenvalue weighted by molar-refractivity contribution is -0.121. The standard InChI is InChI=1S/C20H21N5O5S/c1-25(2)31(28,29)16-10-6-9-15(13-16)20(27)23-22-17(26)11-12-18-21-19(24-30-18)14-7-4-3-5-8-14/h3-10,13H,11-12H2,1-2H3,(H,22,26)(H,23,27). The molecule has 0 aliphatic carbocycles. The number of hydrazine groups is 1. The highest BCUT2D eigenvalue weighted by Crippen LogP contribution is 2.16. The van der Waals surface area contributed by atoms with E-state index in [-0.39, 0.29) is 23.3 Å². The van der Waals surface area contributed by atoms with Crippen LogP contribution in [0.1, 0.15) is 22.7 Å². The van der Waals surface area contributed by atoms with E-state index in [0.29, 0.717) is 11.7 Å². The molecule has 0 radical (unpaired) electrons. The summed E-state index contributed by atoms with van der Waals surface area (Å²) in [5.74, 6) is -0.392. The molecule has 11 heteroatoms. The molecule has 0 saturated heterocycles. The maximum Gasteiger partial charge on any atom is 0.269 e. The number of hydrogen-bond acceptors (Lipinski definition) is 7. The fraction of sp³-hybridized carbons (Fsp3) is 0.200. The van der Waals surface area contributed by atoms with E-state index >= 15 is 0 Å². The molecule has 2 N–H and O–H groups in total. The maximum atomic E-state index is 12.3. The van der Waals surface area contributed by atoms with E-state index in [4.69, 9.17) is 4.52 Å². The number of rotatable bonds is 7. The largest absolute Gasteiger partial charge is 0.339 e. The van der Waals surface area contributed by atoms with Crippen molar-refractivity contribution in [3.63, 3.8) is 0 Å². The molecule has 0 unspecified atom stereocenters. The molecule has 162 valence electrons. The van der Waals surface area contributed by atoms with Crippen LogP contribution >= 0.6 is 0 Å². The smallest absolute Gasteiger partial charge is 0.269 e. The van der Waals surface area contributed by atoms with Crippen molar-refractivity contribution in [2.24, 2.45) is 0 Å². The number of sulfonamides is 1. The predicted octanol–water partition coefficient (Wildman–Crippen LogP) is 1.38. The van der Waals surface area contributed by atoms with Gasteiger partial charge in [0.1, 0.15) is 0 Å². The van der Waals surface area contributed by atoms with E-state index in [0.717, 1.165) is 9.87 Å². The number of hydrogen-bond donors (Lipinski definition) is 2. The van der Waals surface area contributed by atoms with Crippen LogP contribution in [-0.2, 0) is 21.2 Å². The molecule has 0 bridgehead atoms. The third kappa shape index (κ3) is 5.53. The minimum Gasteiger partial charge on any atom is -0.339 e. The molecule has 2 amide bonds. The van der Waals surface area contributed by atoms with Gasteiger partial charge in [-0.15, -0.1) is 0 Å². The van der Waals surface area contributed by atoms with Gasteiger partial charge in [0.25, 0.3) is 5.91 Å². The molecule has 0 aliphatic rings. The normalized spacial score (nSPS) is 11.3. The van der Waals surface area contributed by atoms with E-state index in [9.17, 15) is 18.0 Å². The van der Waals surface area contributed by atoms with Gasteiger partial charge in [0.05, 0.1) is 4.90 Å². The Hall–Kier alpha value is -3.57. The lowest BCUT2D eigenvalue weighted by Crippen LogP contribution is -2.41. The van der Waals surface area contributed by atoms with Crippen molar-refractivity contribution in [1.82, 2.24) is 25.3 Å². The Balaban J connectivity index is 1.52. The molecular formula is C20H21N5O5S. The van der Waals surface area contributed by atoms with Gasteiger partial charge < -0.3 is 4.52 Å². The van der Waals surface area contributed by atoms with Crippen LogP contribution in [0.15, 0.2) is 64.0 Å². The molecule has 1 heterocycles. The molecule has 0 fully saturated rings. The fourth-order valence-electron chi connectivity index (χ4n) is 2.55. The van der Waals surface area contributed by atoms with Crippen LogP contribution in [0.25, 0.3) is 11.4 Å². The summed E-state index contributed by atoms with van der Waals surface area (Å²) < 4.78 is 30.6. The number of benzene rings is 2. The quantitative estimate of drug-likeness (QED) is 0.527. The number of amides is 2. The highest BCUT2D eigenvalue weighted by molar-refractivity contribution is 7.89. The summed E-state index contributed by atoms with van der Waals surface area (Å²) in [6.45, 7) is 0. The van der Waals surface area contributed by atoms with Crippen LogP contribution in [0.3, 0.4) is 0 Å². The predicted molar refractivity (Wildman–Crippen MR) is 111 cm³/mol. The molecule has 3 aromatic rings. The van der Waals surface area contributed by atoms with Gasteiger partial charge in [-0.2, -0.15) is 4.98 Å². The van der Waals surface area contributed by atoms with Crippen molar-refractivity contribution in [2.45, 2.75) is 17.7 Å². The topological polar surface area (TPSA) is 134 Å². The van der Waals surface area contributed by atoms with Gasteiger partial charge in [-0.25, -0.2) is 12.7 Å². The molecule has 3 rings (SSSR count). The van der Waals surface area contributed by atoms with Crippen LogP contribution in [-0.4, -0.2) is 48.8 Å². The van der Waals surface area contributed by atoms with Crippen LogP contribution in [0.5, 0.6) is 0 Å². The maximum absolute atomic E-state index is 12.3. The van der Waals surface area contributed by atoms with Gasteiger partial charge in [-0.05, 0) is 18.2 Å². The second kappa shape index (κ2) is 9.49. The highest BCUT2D eigenvalue weighted by atomic mass is 32.2. The van der Waals surface area contributed by atoms with Crippen molar-refractivity contribution in [3.8, 4) is 11.4 Å². The summed E-state index contributed by atoms with van der Waals surface area (Å²) in [6.07, 6.45) is 0.198. The number of aromatic nitrogens is 2. The second-order valence-corrected chi connectivity index (χ2v) is 8.85. The summed E-state index contributed by atoms with van der Waals surface area (Å²) in [6, 6.07) is 14.8. The number of nitrogens with one attached hydrogen (secondary N) is 2. The number of aryl methyl sites for hydroxylation is 1. The SMILES string of the molecule is CN(C)S(=O)(=O)c1cccc(C(=O)NNC(=O)CCc2nc(-c3ccccc3)no2)c1. The number of nitrogens with zero attached hydrogens (tertiary/aromatic N) is 3. The molecule has 0 atom stereocenters. The molecular weight excluding hydrogens is 422 g/mol. The van der Waals surface area contributed by atoms with Gasteiger partial charge in [0, 0.05) is 38.1 Å². The van der Waals surface area contributed by atoms with E-state index in [1.165, 1.54) is 38.4 Å². The molecule has 31 heavy (non-hydrogen) atoms. The van der Waals surface area contributed by atoms with Crippen LogP contribution < -0.4 is 10.9 Å². The first-order chi connectivity index (χ1) is 14.8. The van der Waals surface area contributed by atoms with E-state index in [2.05, 4.69) is 21.0 Å². The summed E-state index contributed by atoms with van der Waals surface area (Å²) in [5, 5.41) is 3.88. The van der Waals surface area contributed by atoms with Crippen LogP contribution in [0, 0.1) is 0 Å². The summed E-state index contributed by atoms with van der Waals surface area (Å²) >= 11 is 0. The van der Waals surface area contributed by atoms with Crippen molar-refractivity contribution in [3.05, 3.63) is 66.1 Å². The Bertz CT molecular complexity index is 1180. The summed E-state index contributed by atoms with van der Waals surface area (Å²) in [7, 11) is -0.884. The molecule has 1 aromatic heterocycles. The van der Waals surface area contributed by atoms with Crippen molar-refractivity contribution < 1.29 is 22.5 Å². The molecule has 10 nitrogen and oxygen atoms in total. The van der Waals surface area contributed by atoms with Gasteiger partial charge in [0.15, 0.2) is 0 Å². The third-order valence-electron chi connectivity index (χ3n) is 4.26. The minimum absolute atomic E-state index is 0.00571. The Morgan fingerprint density at radius 1 is 1.03 bits per heavy atom. The molecule has 0 saturated carbocycles. The van der Waals surface area contributed by atoms with Crippen molar-refractivity contribution >= 4 is 21.8 Å². The van der Waals surface area contributed by atoms with Gasteiger partial charge in [-0.3, -0.25) is 20.4 Å². The Morgan fingerprint density at radius 2 is 1.77 bits per heavy atom. The van der Waals surface area contributed by atoms with E-state index in [1.54, 1.807) is 0 Å². The fourth-order valence-corrected chi connectivity index (χ4v) is 3.50. The van der Waals surface area contributed by atoms with Crippen LogP contribution in [0.4, 0.5) is 0 Å². The van der Waals surface area contributed by atoms with Crippen molar-refractivity contribution in [2.75, 3.05) is 14.1 Å². The van der Waals surface area contributed by atoms with E-state index < -0.39 is 21.8 Å². The Labute approximate surface area is 179 Å². The summed E-state index contributed by atoms with van der Waals surface area (Å²) in [5.41, 5.74) is 5.43. The van der Waals surface area contributed by atoms with Crippen molar-refractivity contribution in [1.29, 1.82) is 0 Å². The minimum atomic E-state index is -3.68. The Morgan fingerprint density at radius 3 is 2.48 bits per heavy atom. The first-order valence-corrected chi connectivity index (χ1v) is 10.7. The zero-order valence-electron chi connectivity index (χ0n) is 16.9. The molecule has 0 spiro atoms. The lowest BCUT2D eigenvalue weighted by Gasteiger charge is -2.12. The third-order valence-corrected chi connectivity index (χ3v) is 6.07. The first-order valence-electron chi connectivity index (χ1n) is 9.27. The van der Waals surface area contributed by atoms with Gasteiger partial charge in [0.2, 0.25) is 27.6 Å². The average molecular weight is 443 g/mol. The van der Waals surface area contributed by atoms with Crippen LogP contribution in [0.2, 0.25) is 0 Å². The number of carbonyl (C=O) groups is 2. The lowest BCUT2D eigenvalue weighted by atomic mass is 10.2. The van der Waals surface area contributed by atoms with E-state index in [1.807, 2.05) is 30.3 Å². The zero-order valence-corrected chi connectivity index (χ0v) is 17.7. The number of carbonyl (C=O) groups excluding carboxylic acids is 2. The van der Waals surface area contributed by atoms with Gasteiger partial charge in [-0.1, -0.05) is 41.6 Å².